The zero-order valence-electron chi connectivity index (χ0n) is 16.4. The molecule has 0 spiro atoms. The monoisotopic (exact) mass is 458 g/mol. The highest BCUT2D eigenvalue weighted by Gasteiger charge is 2.22. The molecular formula is C22H23BrN2O4. The second-order valence-electron chi connectivity index (χ2n) is 7.37. The van der Waals surface area contributed by atoms with Gasteiger partial charge in [0.1, 0.15) is 22.8 Å². The summed E-state index contributed by atoms with van der Waals surface area (Å²) in [5.74, 6) is 1.21. The Morgan fingerprint density at radius 2 is 1.86 bits per heavy atom. The van der Waals surface area contributed by atoms with Gasteiger partial charge < -0.3 is 19.2 Å². The summed E-state index contributed by atoms with van der Waals surface area (Å²) in [5, 5.41) is 10.9. The molecule has 0 bridgehead atoms. The number of phenolic OH excluding ortho intramolecular Hbond substituents is 1. The van der Waals surface area contributed by atoms with Gasteiger partial charge in [0.2, 0.25) is 11.2 Å². The van der Waals surface area contributed by atoms with Crippen molar-refractivity contribution in [3.63, 3.8) is 0 Å². The molecule has 1 aliphatic heterocycles. The summed E-state index contributed by atoms with van der Waals surface area (Å²) in [6.45, 7) is 5.98. The van der Waals surface area contributed by atoms with E-state index < -0.39 is 0 Å². The zero-order valence-corrected chi connectivity index (χ0v) is 18.0. The Morgan fingerprint density at radius 1 is 1.14 bits per heavy atom. The molecule has 1 fully saturated rings. The Bertz CT molecular complexity index is 1100. The van der Waals surface area contributed by atoms with Crippen LogP contribution >= 0.6 is 15.9 Å². The predicted molar refractivity (Wildman–Crippen MR) is 116 cm³/mol. The SMILES string of the molecule is Cc1oc2c(CN3CCN(C)CC3)c(O)ccc2c(=O)c1Oc1ccccc1Br. The van der Waals surface area contributed by atoms with Crippen LogP contribution in [-0.2, 0) is 6.54 Å². The number of fused-ring (bicyclic) bond motifs is 1. The van der Waals surface area contributed by atoms with Crippen LogP contribution in [0.4, 0.5) is 0 Å². The Hall–Kier alpha value is -2.35. The number of para-hydroxylation sites is 1. The molecule has 1 N–H and O–H groups in total. The number of hydrogen-bond donors (Lipinski definition) is 1. The van der Waals surface area contributed by atoms with E-state index in [1.807, 2.05) is 18.2 Å². The fourth-order valence-electron chi connectivity index (χ4n) is 3.53. The molecule has 3 aromatic rings. The number of aryl methyl sites for hydroxylation is 1. The largest absolute Gasteiger partial charge is 0.507 e. The van der Waals surface area contributed by atoms with Crippen LogP contribution in [0.25, 0.3) is 11.0 Å². The number of nitrogens with zero attached hydrogens (tertiary/aromatic N) is 2. The first-order chi connectivity index (χ1) is 13.9. The minimum Gasteiger partial charge on any atom is -0.507 e. The molecule has 0 aliphatic carbocycles. The Labute approximate surface area is 177 Å². The number of benzene rings is 2. The lowest BCUT2D eigenvalue weighted by atomic mass is 10.1. The summed E-state index contributed by atoms with van der Waals surface area (Å²) in [5.41, 5.74) is 0.810. The van der Waals surface area contributed by atoms with E-state index in [0.717, 1.165) is 30.7 Å². The van der Waals surface area contributed by atoms with Crippen LogP contribution in [0.3, 0.4) is 0 Å². The molecule has 1 aliphatic rings. The van der Waals surface area contributed by atoms with E-state index in [1.54, 1.807) is 25.1 Å². The first-order valence-electron chi connectivity index (χ1n) is 9.55. The van der Waals surface area contributed by atoms with Crippen LogP contribution < -0.4 is 10.2 Å². The standard InChI is InChI=1S/C22H23BrN2O4/c1-14-21(29-19-6-4-3-5-17(19)23)20(27)15-7-8-18(26)16(22(15)28-14)13-25-11-9-24(2)10-12-25/h3-8,26H,9-13H2,1-2H3. The number of ether oxygens (including phenoxy) is 1. The first-order valence-corrected chi connectivity index (χ1v) is 10.3. The molecule has 1 saturated heterocycles. The van der Waals surface area contributed by atoms with Gasteiger partial charge in [0.05, 0.1) is 15.4 Å². The summed E-state index contributed by atoms with van der Waals surface area (Å²) >= 11 is 3.43. The molecule has 1 aromatic heterocycles. The fraction of sp³-hybridized carbons (Fsp3) is 0.318. The highest BCUT2D eigenvalue weighted by atomic mass is 79.9. The van der Waals surface area contributed by atoms with Gasteiger partial charge in [0, 0.05) is 32.7 Å². The van der Waals surface area contributed by atoms with Crippen molar-refractivity contribution < 1.29 is 14.3 Å². The average Bonchev–Trinajstić information content (AvgIpc) is 2.70. The third-order valence-electron chi connectivity index (χ3n) is 5.29. The molecule has 2 aromatic carbocycles. The van der Waals surface area contributed by atoms with Crippen molar-refractivity contribution in [2.45, 2.75) is 13.5 Å². The van der Waals surface area contributed by atoms with Crippen molar-refractivity contribution in [1.82, 2.24) is 9.80 Å². The normalized spacial score (nSPS) is 15.7. The van der Waals surface area contributed by atoms with Gasteiger partial charge in [-0.15, -0.1) is 0 Å². The molecule has 0 amide bonds. The molecule has 2 heterocycles. The lowest BCUT2D eigenvalue weighted by Gasteiger charge is -2.32. The van der Waals surface area contributed by atoms with Gasteiger partial charge >= 0.3 is 0 Å². The number of piperazine rings is 1. The van der Waals surface area contributed by atoms with Crippen molar-refractivity contribution in [1.29, 1.82) is 0 Å². The Kier molecular flexibility index (Phi) is 5.63. The van der Waals surface area contributed by atoms with Gasteiger partial charge in [-0.05, 0) is 54.2 Å². The van der Waals surface area contributed by atoms with Crippen molar-refractivity contribution in [2.75, 3.05) is 33.2 Å². The van der Waals surface area contributed by atoms with Crippen molar-refractivity contribution >= 4 is 26.9 Å². The third-order valence-corrected chi connectivity index (χ3v) is 5.94. The van der Waals surface area contributed by atoms with Crippen LogP contribution in [0.15, 0.2) is 50.1 Å². The highest BCUT2D eigenvalue weighted by Crippen LogP contribution is 2.33. The number of hydrogen-bond acceptors (Lipinski definition) is 6. The number of phenols is 1. The number of rotatable bonds is 4. The summed E-state index contributed by atoms with van der Waals surface area (Å²) in [4.78, 5) is 17.7. The van der Waals surface area contributed by atoms with E-state index in [-0.39, 0.29) is 16.9 Å². The minimum atomic E-state index is -0.251. The number of likely N-dealkylation sites (N-methyl/N-ethyl adjacent to an activating group) is 1. The molecule has 0 atom stereocenters. The van der Waals surface area contributed by atoms with Crippen LogP contribution in [-0.4, -0.2) is 48.1 Å². The maximum atomic E-state index is 13.2. The first kappa shape index (κ1) is 19.9. The lowest BCUT2D eigenvalue weighted by molar-refractivity contribution is 0.147. The van der Waals surface area contributed by atoms with Gasteiger partial charge in [-0.25, -0.2) is 0 Å². The zero-order chi connectivity index (χ0) is 20.5. The van der Waals surface area contributed by atoms with Crippen LogP contribution in [0.5, 0.6) is 17.2 Å². The smallest absolute Gasteiger partial charge is 0.235 e. The van der Waals surface area contributed by atoms with Gasteiger partial charge in [-0.1, -0.05) is 12.1 Å². The van der Waals surface area contributed by atoms with Crippen molar-refractivity contribution in [2.24, 2.45) is 0 Å². The number of halogens is 1. The summed E-state index contributed by atoms with van der Waals surface area (Å²) in [7, 11) is 2.10. The van der Waals surface area contributed by atoms with E-state index in [9.17, 15) is 9.90 Å². The molecule has 0 saturated carbocycles. The molecule has 0 unspecified atom stereocenters. The van der Waals surface area contributed by atoms with Gasteiger partial charge in [-0.2, -0.15) is 0 Å². The fourth-order valence-corrected chi connectivity index (χ4v) is 3.90. The predicted octanol–water partition coefficient (Wildman–Crippen LogP) is 4.11. The lowest BCUT2D eigenvalue weighted by Crippen LogP contribution is -2.43. The second-order valence-corrected chi connectivity index (χ2v) is 8.22. The van der Waals surface area contributed by atoms with E-state index in [4.69, 9.17) is 9.15 Å². The van der Waals surface area contributed by atoms with E-state index in [2.05, 4.69) is 32.8 Å². The highest BCUT2D eigenvalue weighted by molar-refractivity contribution is 9.10. The quantitative estimate of drug-likeness (QED) is 0.634. The number of aromatic hydroxyl groups is 1. The van der Waals surface area contributed by atoms with Crippen molar-refractivity contribution in [3.05, 3.63) is 62.4 Å². The minimum absolute atomic E-state index is 0.137. The Morgan fingerprint density at radius 3 is 2.59 bits per heavy atom. The Balaban J connectivity index is 1.74. The summed E-state index contributed by atoms with van der Waals surface area (Å²) < 4.78 is 12.7. The molecule has 152 valence electrons. The summed E-state index contributed by atoms with van der Waals surface area (Å²) in [6.07, 6.45) is 0. The van der Waals surface area contributed by atoms with Gasteiger partial charge in [0.25, 0.3) is 0 Å². The van der Waals surface area contributed by atoms with Gasteiger partial charge in [-0.3, -0.25) is 9.69 Å². The molecule has 4 rings (SSSR count). The molecular weight excluding hydrogens is 436 g/mol. The maximum absolute atomic E-state index is 13.2. The third kappa shape index (κ3) is 4.03. The van der Waals surface area contributed by atoms with Gasteiger partial charge in [0.15, 0.2) is 0 Å². The average molecular weight is 459 g/mol. The second kappa shape index (κ2) is 8.18. The molecule has 7 heteroatoms. The van der Waals surface area contributed by atoms with Crippen LogP contribution in [0.1, 0.15) is 11.3 Å². The molecule has 6 nitrogen and oxygen atoms in total. The van der Waals surface area contributed by atoms with Crippen LogP contribution in [0.2, 0.25) is 0 Å². The maximum Gasteiger partial charge on any atom is 0.235 e. The topological polar surface area (TPSA) is 66.2 Å². The van der Waals surface area contributed by atoms with E-state index >= 15 is 0 Å². The van der Waals surface area contributed by atoms with Crippen LogP contribution in [0, 0.1) is 6.92 Å². The summed E-state index contributed by atoms with van der Waals surface area (Å²) in [6, 6.07) is 10.5. The molecule has 29 heavy (non-hydrogen) atoms. The van der Waals surface area contributed by atoms with E-state index in [1.165, 1.54) is 0 Å². The molecule has 0 radical (unpaired) electrons. The van der Waals surface area contributed by atoms with E-state index in [0.29, 0.717) is 34.6 Å². The van der Waals surface area contributed by atoms with Crippen molar-refractivity contribution in [3.8, 4) is 17.2 Å².